The molecule has 0 unspecified atom stereocenters. The number of nitro groups is 3. The number of nitrogens with zero attached hydrogens (tertiary/aromatic N) is 4. The number of thiazole rings is 1. The topological polar surface area (TPSA) is 154 Å². The number of nitrogens with one attached hydrogen (secondary N) is 1. The third-order valence-corrected chi connectivity index (χ3v) is 3.04. The first-order valence-electron chi connectivity index (χ1n) is 5.18. The second kappa shape index (κ2) is 5.46. The van der Waals surface area contributed by atoms with E-state index in [4.69, 9.17) is 0 Å². The number of nitro benzene ring substituents is 3. The van der Waals surface area contributed by atoms with Crippen LogP contribution in [0.5, 0.6) is 0 Å². The molecule has 2 aromatic rings. The molecule has 0 saturated carbocycles. The second-order valence-electron chi connectivity index (χ2n) is 3.59. The minimum absolute atomic E-state index is 0.190. The fourth-order valence-electron chi connectivity index (χ4n) is 1.51. The maximum absolute atomic E-state index is 11.0. The van der Waals surface area contributed by atoms with Crippen molar-refractivity contribution >= 4 is 39.2 Å². The van der Waals surface area contributed by atoms with Crippen molar-refractivity contribution in [2.75, 3.05) is 5.32 Å². The van der Waals surface area contributed by atoms with Crippen molar-refractivity contribution < 1.29 is 14.8 Å². The molecular formula is C9H5N5O6S. The zero-order valence-electron chi connectivity index (χ0n) is 9.96. The number of aromatic nitrogens is 1. The van der Waals surface area contributed by atoms with Crippen LogP contribution in [0.1, 0.15) is 0 Å². The Kier molecular flexibility index (Phi) is 3.71. The maximum atomic E-state index is 11.0. The molecule has 0 saturated heterocycles. The largest absolute Gasteiger partial charge is 0.320 e. The number of rotatable bonds is 5. The Morgan fingerprint density at radius 1 is 1.00 bits per heavy atom. The van der Waals surface area contributed by atoms with Crippen molar-refractivity contribution in [3.8, 4) is 0 Å². The van der Waals surface area contributed by atoms with Gasteiger partial charge in [0.05, 0.1) is 26.9 Å². The number of non-ortho nitro benzene ring substituents is 1. The van der Waals surface area contributed by atoms with Gasteiger partial charge in [0.2, 0.25) is 0 Å². The van der Waals surface area contributed by atoms with E-state index in [9.17, 15) is 30.3 Å². The molecule has 0 radical (unpaired) electrons. The number of hydrogen-bond acceptors (Lipinski definition) is 9. The van der Waals surface area contributed by atoms with E-state index in [0.717, 1.165) is 11.3 Å². The van der Waals surface area contributed by atoms with Crippen LogP contribution in [-0.2, 0) is 0 Å². The minimum atomic E-state index is -0.937. The molecule has 1 aromatic heterocycles. The Morgan fingerprint density at radius 2 is 1.57 bits per heavy atom. The molecular weight excluding hydrogens is 306 g/mol. The summed E-state index contributed by atoms with van der Waals surface area (Å²) in [6, 6.07) is 1.31. The summed E-state index contributed by atoms with van der Waals surface area (Å²) < 4.78 is 0. The van der Waals surface area contributed by atoms with E-state index in [1.807, 2.05) is 0 Å². The van der Waals surface area contributed by atoms with E-state index in [0.29, 0.717) is 12.1 Å². The summed E-state index contributed by atoms with van der Waals surface area (Å²) in [4.78, 5) is 33.7. The van der Waals surface area contributed by atoms with Gasteiger partial charge in [-0.25, -0.2) is 4.98 Å². The average Bonchev–Trinajstić information content (AvgIpc) is 2.90. The van der Waals surface area contributed by atoms with Gasteiger partial charge in [-0.2, -0.15) is 0 Å². The molecule has 108 valence electrons. The van der Waals surface area contributed by atoms with Gasteiger partial charge in [0.1, 0.15) is 0 Å². The first-order valence-corrected chi connectivity index (χ1v) is 6.06. The molecule has 0 aliphatic carbocycles. The molecule has 0 fully saturated rings. The zero-order valence-corrected chi connectivity index (χ0v) is 10.8. The lowest BCUT2D eigenvalue weighted by Gasteiger charge is -2.05. The second-order valence-corrected chi connectivity index (χ2v) is 4.49. The van der Waals surface area contributed by atoms with Crippen molar-refractivity contribution in [1.29, 1.82) is 0 Å². The summed E-state index contributed by atoms with van der Waals surface area (Å²) in [6.45, 7) is 0. The lowest BCUT2D eigenvalue weighted by Crippen LogP contribution is -2.03. The molecule has 0 bridgehead atoms. The summed E-state index contributed by atoms with van der Waals surface area (Å²) >= 11 is 1.07. The zero-order chi connectivity index (χ0) is 15.6. The van der Waals surface area contributed by atoms with Gasteiger partial charge < -0.3 is 5.32 Å². The third kappa shape index (κ3) is 2.89. The Morgan fingerprint density at radius 3 is 1.95 bits per heavy atom. The normalized spacial score (nSPS) is 10.1. The van der Waals surface area contributed by atoms with Crippen molar-refractivity contribution in [1.82, 2.24) is 4.98 Å². The highest BCUT2D eigenvalue weighted by Crippen LogP contribution is 2.40. The predicted octanol–water partition coefficient (Wildman–Crippen LogP) is 2.61. The van der Waals surface area contributed by atoms with Crippen molar-refractivity contribution in [2.24, 2.45) is 0 Å². The van der Waals surface area contributed by atoms with Crippen LogP contribution in [0, 0.1) is 30.3 Å². The molecule has 12 heteroatoms. The Labute approximate surface area is 119 Å². The SMILES string of the molecule is O=[N+]([O-])c1cc([N+](=O)[O-])c(Nc2nccs2)c([N+](=O)[O-])c1. The number of benzene rings is 1. The Balaban J connectivity index is 2.66. The molecule has 1 aromatic carbocycles. The van der Waals surface area contributed by atoms with E-state index < -0.39 is 37.5 Å². The fourth-order valence-corrected chi connectivity index (χ4v) is 2.04. The maximum Gasteiger partial charge on any atom is 0.306 e. The molecule has 11 nitrogen and oxygen atoms in total. The Hall–Kier alpha value is -3.15. The molecule has 0 aliphatic rings. The Bertz CT molecular complexity index is 695. The van der Waals surface area contributed by atoms with E-state index in [1.165, 1.54) is 6.20 Å². The molecule has 0 spiro atoms. The van der Waals surface area contributed by atoms with Crippen LogP contribution in [0.3, 0.4) is 0 Å². The molecule has 0 aliphatic heterocycles. The summed E-state index contributed by atoms with van der Waals surface area (Å²) in [5.41, 5.74) is -2.74. The van der Waals surface area contributed by atoms with E-state index in [1.54, 1.807) is 5.38 Å². The van der Waals surface area contributed by atoms with Gasteiger partial charge in [0, 0.05) is 11.6 Å². The molecule has 1 N–H and O–H groups in total. The summed E-state index contributed by atoms with van der Waals surface area (Å²) in [5.74, 6) is 0. The average molecular weight is 311 g/mol. The highest BCUT2D eigenvalue weighted by molar-refractivity contribution is 7.13. The van der Waals surface area contributed by atoms with Crippen LogP contribution in [-0.4, -0.2) is 19.8 Å². The highest BCUT2D eigenvalue weighted by Gasteiger charge is 2.31. The molecule has 1 heterocycles. The smallest absolute Gasteiger partial charge is 0.306 e. The highest BCUT2D eigenvalue weighted by atomic mass is 32.1. The summed E-state index contributed by atoms with van der Waals surface area (Å²) in [7, 11) is 0. The van der Waals surface area contributed by atoms with Gasteiger partial charge in [-0.15, -0.1) is 11.3 Å². The fraction of sp³-hybridized carbons (Fsp3) is 0. The number of hydrogen-bond donors (Lipinski definition) is 1. The first kappa shape index (κ1) is 14.3. The molecule has 21 heavy (non-hydrogen) atoms. The van der Waals surface area contributed by atoms with Gasteiger partial charge in [-0.1, -0.05) is 0 Å². The van der Waals surface area contributed by atoms with Crippen LogP contribution < -0.4 is 5.32 Å². The van der Waals surface area contributed by atoms with Gasteiger partial charge in [0.25, 0.3) is 5.69 Å². The van der Waals surface area contributed by atoms with Crippen LogP contribution in [0.4, 0.5) is 27.9 Å². The lowest BCUT2D eigenvalue weighted by atomic mass is 10.2. The van der Waals surface area contributed by atoms with Crippen LogP contribution in [0.2, 0.25) is 0 Å². The van der Waals surface area contributed by atoms with Gasteiger partial charge in [0.15, 0.2) is 10.8 Å². The molecule has 0 amide bonds. The van der Waals surface area contributed by atoms with E-state index in [-0.39, 0.29) is 5.13 Å². The molecule has 0 atom stereocenters. The predicted molar refractivity (Wildman–Crippen MR) is 71.8 cm³/mol. The lowest BCUT2D eigenvalue weighted by molar-refractivity contribution is -0.401. The van der Waals surface area contributed by atoms with Crippen LogP contribution in [0.15, 0.2) is 23.7 Å². The third-order valence-electron chi connectivity index (χ3n) is 2.35. The van der Waals surface area contributed by atoms with Crippen molar-refractivity contribution in [3.63, 3.8) is 0 Å². The van der Waals surface area contributed by atoms with Crippen LogP contribution in [0.25, 0.3) is 0 Å². The first-order chi connectivity index (χ1) is 9.90. The van der Waals surface area contributed by atoms with E-state index >= 15 is 0 Å². The van der Waals surface area contributed by atoms with Gasteiger partial charge in [-0.3, -0.25) is 30.3 Å². The van der Waals surface area contributed by atoms with E-state index in [2.05, 4.69) is 10.3 Å². The molecule has 2 rings (SSSR count). The minimum Gasteiger partial charge on any atom is -0.320 e. The van der Waals surface area contributed by atoms with Crippen molar-refractivity contribution in [2.45, 2.75) is 0 Å². The monoisotopic (exact) mass is 311 g/mol. The standard InChI is InChI=1S/C9H5N5O6S/c15-12(16)5-3-6(13(17)18)8(7(4-5)14(19)20)11-9-10-1-2-21-9/h1-4H,(H,10,11). The van der Waals surface area contributed by atoms with Gasteiger partial charge >= 0.3 is 11.4 Å². The number of anilines is 2. The van der Waals surface area contributed by atoms with Crippen LogP contribution >= 0.6 is 11.3 Å². The quantitative estimate of drug-likeness (QED) is 0.652. The summed E-state index contributed by atoms with van der Waals surface area (Å²) in [5, 5.41) is 36.9. The van der Waals surface area contributed by atoms with Gasteiger partial charge in [-0.05, 0) is 0 Å². The summed E-state index contributed by atoms with van der Waals surface area (Å²) in [6.07, 6.45) is 1.40. The van der Waals surface area contributed by atoms with Crippen molar-refractivity contribution in [3.05, 3.63) is 54.1 Å².